The van der Waals surface area contributed by atoms with Crippen LogP contribution in [0.4, 0.5) is 0 Å². The van der Waals surface area contributed by atoms with E-state index in [-0.39, 0.29) is 6.10 Å². The molecule has 0 amide bonds. The van der Waals surface area contributed by atoms with Crippen molar-refractivity contribution in [1.29, 1.82) is 0 Å². The van der Waals surface area contributed by atoms with Crippen molar-refractivity contribution in [3.8, 4) is 0 Å². The van der Waals surface area contributed by atoms with Crippen LogP contribution in [-0.2, 0) is 11.2 Å². The molecule has 0 radical (unpaired) electrons. The Morgan fingerprint density at radius 3 is 3.28 bits per heavy atom. The molecule has 18 heavy (non-hydrogen) atoms. The fourth-order valence-corrected chi connectivity index (χ4v) is 3.53. The Labute approximate surface area is 117 Å². The molecule has 4 heteroatoms. The Morgan fingerprint density at radius 1 is 1.56 bits per heavy atom. The van der Waals surface area contributed by atoms with Gasteiger partial charge in [-0.1, -0.05) is 6.92 Å². The van der Waals surface area contributed by atoms with E-state index in [0.717, 1.165) is 24.0 Å². The van der Waals surface area contributed by atoms with Crippen molar-refractivity contribution in [1.82, 2.24) is 9.88 Å². The maximum Gasteiger partial charge on any atom is 0.0998 e. The van der Waals surface area contributed by atoms with Crippen molar-refractivity contribution in [3.63, 3.8) is 0 Å². The fraction of sp³-hybridized carbons (Fsp3) is 0.643. The number of pyridine rings is 1. The van der Waals surface area contributed by atoms with Crippen molar-refractivity contribution >= 4 is 15.9 Å². The molecule has 2 aliphatic rings. The van der Waals surface area contributed by atoms with E-state index in [4.69, 9.17) is 4.74 Å². The summed E-state index contributed by atoms with van der Waals surface area (Å²) in [6.45, 7) is 5.35. The highest BCUT2D eigenvalue weighted by atomic mass is 79.9. The Balaban J connectivity index is 1.91. The van der Waals surface area contributed by atoms with E-state index in [1.165, 1.54) is 30.6 Å². The minimum atomic E-state index is 0.221. The minimum Gasteiger partial charge on any atom is -0.370 e. The number of rotatable bonds is 2. The third kappa shape index (κ3) is 2.22. The summed E-state index contributed by atoms with van der Waals surface area (Å²) in [7, 11) is 0. The van der Waals surface area contributed by atoms with Crippen LogP contribution >= 0.6 is 15.9 Å². The van der Waals surface area contributed by atoms with Crippen LogP contribution in [0.25, 0.3) is 0 Å². The molecule has 3 rings (SSSR count). The van der Waals surface area contributed by atoms with E-state index in [1.807, 2.05) is 6.20 Å². The van der Waals surface area contributed by atoms with Gasteiger partial charge in [0.05, 0.1) is 12.7 Å². The number of fused-ring (bicyclic) bond motifs is 3. The molecule has 3 nitrogen and oxygen atoms in total. The number of ether oxygens (including phenoxy) is 1. The molecule has 2 atom stereocenters. The van der Waals surface area contributed by atoms with Crippen molar-refractivity contribution in [3.05, 3.63) is 28.0 Å². The zero-order valence-electron chi connectivity index (χ0n) is 10.7. The molecule has 1 aromatic rings. The average molecular weight is 311 g/mol. The lowest BCUT2D eigenvalue weighted by atomic mass is 9.87. The first-order chi connectivity index (χ1) is 8.79. The highest BCUT2D eigenvalue weighted by Gasteiger charge is 2.37. The smallest absolute Gasteiger partial charge is 0.0998 e. The van der Waals surface area contributed by atoms with Gasteiger partial charge in [0.25, 0.3) is 0 Å². The molecule has 0 N–H and O–H groups in total. The predicted octanol–water partition coefficient (Wildman–Crippen LogP) is 2.94. The number of morpholine rings is 1. The predicted molar refractivity (Wildman–Crippen MR) is 74.6 cm³/mol. The third-order valence-electron chi connectivity index (χ3n) is 3.96. The van der Waals surface area contributed by atoms with Gasteiger partial charge in [0.1, 0.15) is 0 Å². The highest BCUT2D eigenvalue weighted by molar-refractivity contribution is 9.10. The molecule has 0 aromatic carbocycles. The van der Waals surface area contributed by atoms with Crippen molar-refractivity contribution in [2.45, 2.75) is 38.3 Å². The number of hydrogen-bond acceptors (Lipinski definition) is 3. The van der Waals surface area contributed by atoms with Gasteiger partial charge in [0, 0.05) is 34.5 Å². The monoisotopic (exact) mass is 310 g/mol. The lowest BCUT2D eigenvalue weighted by Crippen LogP contribution is -2.49. The highest BCUT2D eigenvalue weighted by Crippen LogP contribution is 2.37. The standard InChI is InChI=1S/C14H19BrN2O/c1-2-5-17-6-7-18-14-11-8-10(15)9-16-12(11)3-4-13(14)17/h8-9,13-14H,2-7H2,1H3. The summed E-state index contributed by atoms with van der Waals surface area (Å²) in [4.78, 5) is 7.13. The van der Waals surface area contributed by atoms with Gasteiger partial charge >= 0.3 is 0 Å². The van der Waals surface area contributed by atoms with E-state index in [0.29, 0.717) is 6.04 Å². The van der Waals surface area contributed by atoms with Crippen LogP contribution in [0.3, 0.4) is 0 Å². The lowest BCUT2D eigenvalue weighted by Gasteiger charge is -2.44. The fourth-order valence-electron chi connectivity index (χ4n) is 3.18. The molecular formula is C14H19BrN2O. The van der Waals surface area contributed by atoms with E-state index in [1.54, 1.807) is 0 Å². The second kappa shape index (κ2) is 5.27. The Kier molecular flexibility index (Phi) is 3.68. The van der Waals surface area contributed by atoms with Crippen LogP contribution in [0.2, 0.25) is 0 Å². The zero-order chi connectivity index (χ0) is 12.5. The first-order valence-corrected chi connectivity index (χ1v) is 7.59. The molecule has 1 fully saturated rings. The van der Waals surface area contributed by atoms with Crippen molar-refractivity contribution < 1.29 is 4.74 Å². The summed E-state index contributed by atoms with van der Waals surface area (Å²) in [5.41, 5.74) is 2.51. The third-order valence-corrected chi connectivity index (χ3v) is 4.39. The molecule has 1 saturated heterocycles. The second-order valence-electron chi connectivity index (χ2n) is 5.12. The Bertz CT molecular complexity index is 436. The molecule has 98 valence electrons. The van der Waals surface area contributed by atoms with Gasteiger partial charge in [-0.15, -0.1) is 0 Å². The quantitative estimate of drug-likeness (QED) is 0.840. The van der Waals surface area contributed by atoms with Crippen LogP contribution in [0, 0.1) is 0 Å². The van der Waals surface area contributed by atoms with Crippen LogP contribution < -0.4 is 0 Å². The van der Waals surface area contributed by atoms with Crippen molar-refractivity contribution in [2.75, 3.05) is 19.7 Å². The van der Waals surface area contributed by atoms with E-state index in [9.17, 15) is 0 Å². The van der Waals surface area contributed by atoms with E-state index < -0.39 is 0 Å². The van der Waals surface area contributed by atoms with Crippen LogP contribution in [0.1, 0.15) is 37.1 Å². The maximum absolute atomic E-state index is 6.04. The molecule has 1 aromatic heterocycles. The van der Waals surface area contributed by atoms with Gasteiger partial charge in [-0.2, -0.15) is 0 Å². The van der Waals surface area contributed by atoms with E-state index in [2.05, 4.69) is 38.8 Å². The van der Waals surface area contributed by atoms with Crippen LogP contribution in [-0.4, -0.2) is 35.6 Å². The number of hydrogen-bond donors (Lipinski definition) is 0. The number of aromatic nitrogens is 1. The van der Waals surface area contributed by atoms with Gasteiger partial charge in [-0.25, -0.2) is 0 Å². The number of nitrogens with zero attached hydrogens (tertiary/aromatic N) is 2. The summed E-state index contributed by atoms with van der Waals surface area (Å²) in [5, 5.41) is 0. The topological polar surface area (TPSA) is 25.4 Å². The summed E-state index contributed by atoms with van der Waals surface area (Å²) >= 11 is 3.52. The molecule has 0 spiro atoms. The van der Waals surface area contributed by atoms with Gasteiger partial charge in [-0.05, 0) is 47.8 Å². The molecular weight excluding hydrogens is 292 g/mol. The lowest BCUT2D eigenvalue weighted by molar-refractivity contribution is -0.0805. The maximum atomic E-state index is 6.04. The molecule has 0 bridgehead atoms. The molecule has 1 aliphatic heterocycles. The van der Waals surface area contributed by atoms with E-state index >= 15 is 0 Å². The van der Waals surface area contributed by atoms with Gasteiger partial charge in [0.15, 0.2) is 0 Å². The first-order valence-electron chi connectivity index (χ1n) is 6.79. The SMILES string of the molecule is CCCN1CCOC2c3cc(Br)cnc3CCC21. The molecule has 1 aliphatic carbocycles. The number of halogens is 1. The van der Waals surface area contributed by atoms with Gasteiger partial charge in [0.2, 0.25) is 0 Å². The first kappa shape index (κ1) is 12.6. The average Bonchev–Trinajstić information content (AvgIpc) is 2.39. The second-order valence-corrected chi connectivity index (χ2v) is 6.04. The summed E-state index contributed by atoms with van der Waals surface area (Å²) < 4.78 is 7.09. The summed E-state index contributed by atoms with van der Waals surface area (Å²) in [6.07, 6.45) is 5.58. The Hall–Kier alpha value is -0.450. The molecule has 0 saturated carbocycles. The zero-order valence-corrected chi connectivity index (χ0v) is 12.3. The molecule has 2 heterocycles. The largest absolute Gasteiger partial charge is 0.370 e. The van der Waals surface area contributed by atoms with Crippen LogP contribution in [0.15, 0.2) is 16.7 Å². The minimum absolute atomic E-state index is 0.221. The van der Waals surface area contributed by atoms with Crippen molar-refractivity contribution in [2.24, 2.45) is 0 Å². The normalized spacial score (nSPS) is 27.7. The Morgan fingerprint density at radius 2 is 2.44 bits per heavy atom. The number of aryl methyl sites for hydroxylation is 1. The van der Waals surface area contributed by atoms with Crippen LogP contribution in [0.5, 0.6) is 0 Å². The summed E-state index contributed by atoms with van der Waals surface area (Å²) in [6, 6.07) is 2.73. The molecule has 2 unspecified atom stereocenters. The van der Waals surface area contributed by atoms with Gasteiger partial charge < -0.3 is 4.74 Å². The summed E-state index contributed by atoms with van der Waals surface area (Å²) in [5.74, 6) is 0. The van der Waals surface area contributed by atoms with Gasteiger partial charge in [-0.3, -0.25) is 9.88 Å².